The van der Waals surface area contributed by atoms with Gasteiger partial charge in [-0.25, -0.2) is 4.79 Å². The van der Waals surface area contributed by atoms with E-state index in [0.29, 0.717) is 30.2 Å². The van der Waals surface area contributed by atoms with Crippen LogP contribution in [0.15, 0.2) is 18.2 Å². The fourth-order valence-electron chi connectivity index (χ4n) is 2.38. The molecule has 1 aliphatic rings. The first-order valence-corrected chi connectivity index (χ1v) is 7.16. The Bertz CT molecular complexity index is 530. The van der Waals surface area contributed by atoms with Gasteiger partial charge in [-0.1, -0.05) is 17.7 Å². The molecule has 108 valence electrons. The summed E-state index contributed by atoms with van der Waals surface area (Å²) in [5, 5.41) is 0.558. The number of benzene rings is 1. The van der Waals surface area contributed by atoms with Crippen molar-refractivity contribution in [2.24, 2.45) is 0 Å². The number of aryl methyl sites for hydroxylation is 1. The molecule has 1 aromatic carbocycles. The van der Waals surface area contributed by atoms with Crippen LogP contribution in [0.5, 0.6) is 0 Å². The second-order valence-electron chi connectivity index (χ2n) is 4.87. The van der Waals surface area contributed by atoms with Crippen LogP contribution in [0.25, 0.3) is 0 Å². The van der Waals surface area contributed by atoms with E-state index in [4.69, 9.17) is 16.3 Å². The number of esters is 1. The topological polar surface area (TPSA) is 46.6 Å². The second-order valence-corrected chi connectivity index (χ2v) is 5.28. The van der Waals surface area contributed by atoms with E-state index >= 15 is 0 Å². The van der Waals surface area contributed by atoms with Crippen LogP contribution >= 0.6 is 11.6 Å². The van der Waals surface area contributed by atoms with Crippen LogP contribution in [0.2, 0.25) is 5.02 Å². The molecule has 0 saturated carbocycles. The summed E-state index contributed by atoms with van der Waals surface area (Å²) in [5.74, 6) is -0.487. The van der Waals surface area contributed by atoms with Crippen molar-refractivity contribution in [1.82, 2.24) is 4.90 Å². The predicted octanol–water partition coefficient (Wildman–Crippen LogP) is 2.82. The number of halogens is 1. The highest BCUT2D eigenvalue weighted by Crippen LogP contribution is 2.23. The summed E-state index contributed by atoms with van der Waals surface area (Å²) in [5.41, 5.74) is 1.43. The van der Waals surface area contributed by atoms with Gasteiger partial charge in [0.15, 0.2) is 0 Å². The molecule has 0 spiro atoms. The lowest BCUT2D eigenvalue weighted by Gasteiger charge is -2.23. The minimum Gasteiger partial charge on any atom is -0.464 e. The number of rotatable bonds is 3. The molecular weight excluding hydrogens is 278 g/mol. The standard InChI is InChI=1S/C15H18ClNO3/c1-3-20-15(19)13-5-4-8-17(13)14(18)11-7-6-10(2)12(16)9-11/h6-7,9,13H,3-5,8H2,1-2H3. The second kappa shape index (κ2) is 6.27. The van der Waals surface area contributed by atoms with E-state index in [2.05, 4.69) is 0 Å². The van der Waals surface area contributed by atoms with E-state index in [0.717, 1.165) is 12.0 Å². The fourth-order valence-corrected chi connectivity index (χ4v) is 2.57. The molecule has 1 aliphatic heterocycles. The molecule has 0 aromatic heterocycles. The van der Waals surface area contributed by atoms with Crippen molar-refractivity contribution in [2.45, 2.75) is 32.7 Å². The normalized spacial score (nSPS) is 18.1. The first-order valence-electron chi connectivity index (χ1n) is 6.78. The molecule has 4 nitrogen and oxygen atoms in total. The van der Waals surface area contributed by atoms with Gasteiger partial charge in [0.25, 0.3) is 5.91 Å². The summed E-state index contributed by atoms with van der Waals surface area (Å²) in [6, 6.07) is 4.73. The third kappa shape index (κ3) is 2.96. The number of hydrogen-bond acceptors (Lipinski definition) is 3. The Hall–Kier alpha value is -1.55. The number of ether oxygens (including phenoxy) is 1. The van der Waals surface area contributed by atoms with Crippen LogP contribution in [-0.2, 0) is 9.53 Å². The Kier molecular flexibility index (Phi) is 4.65. The SMILES string of the molecule is CCOC(=O)C1CCCN1C(=O)c1ccc(C)c(Cl)c1. The van der Waals surface area contributed by atoms with E-state index in [9.17, 15) is 9.59 Å². The first kappa shape index (κ1) is 14.9. The molecule has 1 heterocycles. The van der Waals surface area contributed by atoms with Crippen molar-refractivity contribution < 1.29 is 14.3 Å². The predicted molar refractivity (Wildman–Crippen MR) is 76.9 cm³/mol. The van der Waals surface area contributed by atoms with Gasteiger partial charge in [-0.2, -0.15) is 0 Å². The van der Waals surface area contributed by atoms with Gasteiger partial charge in [-0.15, -0.1) is 0 Å². The largest absolute Gasteiger partial charge is 0.464 e. The Labute approximate surface area is 123 Å². The summed E-state index contributed by atoms with van der Waals surface area (Å²) in [6.45, 7) is 4.55. The Morgan fingerprint density at radius 3 is 2.85 bits per heavy atom. The highest BCUT2D eigenvalue weighted by atomic mass is 35.5. The zero-order valence-corrected chi connectivity index (χ0v) is 12.4. The minimum absolute atomic E-state index is 0.164. The molecule has 2 rings (SSSR count). The molecule has 5 heteroatoms. The van der Waals surface area contributed by atoms with E-state index in [1.807, 2.05) is 13.0 Å². The smallest absolute Gasteiger partial charge is 0.328 e. The number of hydrogen-bond donors (Lipinski definition) is 0. The molecule has 0 N–H and O–H groups in total. The molecule has 1 fully saturated rings. The average Bonchev–Trinajstić information content (AvgIpc) is 2.90. The van der Waals surface area contributed by atoms with Gasteiger partial charge in [0.05, 0.1) is 6.61 Å². The third-order valence-electron chi connectivity index (χ3n) is 3.49. The number of likely N-dealkylation sites (tertiary alicyclic amines) is 1. The van der Waals surface area contributed by atoms with Crippen LogP contribution in [-0.4, -0.2) is 36.0 Å². The lowest BCUT2D eigenvalue weighted by Crippen LogP contribution is -2.41. The summed E-state index contributed by atoms with van der Waals surface area (Å²) in [4.78, 5) is 25.9. The average molecular weight is 296 g/mol. The van der Waals surface area contributed by atoms with Crippen molar-refractivity contribution in [1.29, 1.82) is 0 Å². The highest BCUT2D eigenvalue weighted by Gasteiger charge is 2.35. The van der Waals surface area contributed by atoms with E-state index in [1.54, 1.807) is 24.0 Å². The van der Waals surface area contributed by atoms with Crippen molar-refractivity contribution in [3.8, 4) is 0 Å². The van der Waals surface area contributed by atoms with E-state index in [1.165, 1.54) is 0 Å². The van der Waals surface area contributed by atoms with Crippen molar-refractivity contribution in [2.75, 3.05) is 13.2 Å². The lowest BCUT2D eigenvalue weighted by atomic mass is 10.1. The zero-order valence-electron chi connectivity index (χ0n) is 11.7. The molecule has 1 saturated heterocycles. The maximum Gasteiger partial charge on any atom is 0.328 e. The Balaban J connectivity index is 2.18. The number of nitrogens with zero attached hydrogens (tertiary/aromatic N) is 1. The zero-order chi connectivity index (χ0) is 14.7. The van der Waals surface area contributed by atoms with E-state index < -0.39 is 6.04 Å². The van der Waals surface area contributed by atoms with Crippen molar-refractivity contribution >= 4 is 23.5 Å². The number of amides is 1. The molecule has 0 aliphatic carbocycles. The molecule has 20 heavy (non-hydrogen) atoms. The van der Waals surface area contributed by atoms with Gasteiger partial charge in [0, 0.05) is 17.1 Å². The fraction of sp³-hybridized carbons (Fsp3) is 0.467. The minimum atomic E-state index is -0.470. The van der Waals surface area contributed by atoms with Crippen LogP contribution in [0, 0.1) is 6.92 Å². The third-order valence-corrected chi connectivity index (χ3v) is 3.90. The van der Waals surface area contributed by atoms with E-state index in [-0.39, 0.29) is 11.9 Å². The maximum absolute atomic E-state index is 12.5. The Morgan fingerprint density at radius 2 is 2.20 bits per heavy atom. The number of carbonyl (C=O) groups is 2. The molecule has 1 aromatic rings. The quantitative estimate of drug-likeness (QED) is 0.806. The van der Waals surface area contributed by atoms with Gasteiger partial charge >= 0.3 is 5.97 Å². The highest BCUT2D eigenvalue weighted by molar-refractivity contribution is 6.31. The Morgan fingerprint density at radius 1 is 1.45 bits per heavy atom. The van der Waals surface area contributed by atoms with Crippen LogP contribution in [0.1, 0.15) is 35.7 Å². The monoisotopic (exact) mass is 295 g/mol. The molecule has 0 bridgehead atoms. The summed E-state index contributed by atoms with van der Waals surface area (Å²) < 4.78 is 5.03. The summed E-state index contributed by atoms with van der Waals surface area (Å²) >= 11 is 6.05. The summed E-state index contributed by atoms with van der Waals surface area (Å²) in [6.07, 6.45) is 1.47. The molecular formula is C15H18ClNO3. The van der Waals surface area contributed by atoms with Gasteiger partial charge in [-0.05, 0) is 44.4 Å². The van der Waals surface area contributed by atoms with Crippen molar-refractivity contribution in [3.63, 3.8) is 0 Å². The van der Waals surface area contributed by atoms with Crippen LogP contribution < -0.4 is 0 Å². The van der Waals surface area contributed by atoms with Crippen molar-refractivity contribution in [3.05, 3.63) is 34.3 Å². The molecule has 1 atom stereocenters. The molecule has 1 unspecified atom stereocenters. The van der Waals surface area contributed by atoms with Gasteiger partial charge in [-0.3, -0.25) is 4.79 Å². The summed E-state index contributed by atoms with van der Waals surface area (Å²) in [7, 11) is 0. The van der Waals surface area contributed by atoms with Crippen LogP contribution in [0.3, 0.4) is 0 Å². The lowest BCUT2D eigenvalue weighted by molar-refractivity contribution is -0.147. The van der Waals surface area contributed by atoms with Gasteiger partial charge < -0.3 is 9.64 Å². The molecule has 1 amide bonds. The van der Waals surface area contributed by atoms with Gasteiger partial charge in [0.1, 0.15) is 6.04 Å². The molecule has 0 radical (unpaired) electrons. The van der Waals surface area contributed by atoms with Gasteiger partial charge in [0.2, 0.25) is 0 Å². The maximum atomic E-state index is 12.5. The first-order chi connectivity index (χ1) is 9.54. The van der Waals surface area contributed by atoms with Crippen LogP contribution in [0.4, 0.5) is 0 Å². The number of carbonyl (C=O) groups excluding carboxylic acids is 2.